The normalized spacial score (nSPS) is 14.7. The van der Waals surface area contributed by atoms with Crippen LogP contribution in [0.1, 0.15) is 17.7 Å². The summed E-state index contributed by atoms with van der Waals surface area (Å²) in [6, 6.07) is 4.22. The van der Waals surface area contributed by atoms with E-state index in [0.29, 0.717) is 0 Å². The summed E-state index contributed by atoms with van der Waals surface area (Å²) in [7, 11) is -8.14. The van der Waals surface area contributed by atoms with E-state index in [4.69, 9.17) is 0 Å². The first-order chi connectivity index (χ1) is 9.40. The Labute approximate surface area is 120 Å². The minimum absolute atomic E-state index is 0.265. The average molecular weight is 347 g/mol. The topological polar surface area (TPSA) is 89.5 Å². The highest BCUT2D eigenvalue weighted by molar-refractivity contribution is 7.89. The zero-order valence-electron chi connectivity index (χ0n) is 10.9. The lowest BCUT2D eigenvalue weighted by Crippen LogP contribution is -2.28. The van der Waals surface area contributed by atoms with Crippen LogP contribution in [0.5, 0.6) is 5.75 Å². The van der Waals surface area contributed by atoms with Gasteiger partial charge in [-0.15, -0.1) is 0 Å². The van der Waals surface area contributed by atoms with Crippen LogP contribution in [0.25, 0.3) is 0 Å². The molecule has 21 heavy (non-hydrogen) atoms. The predicted octanol–water partition coefficient (Wildman–Crippen LogP) is 1.53. The van der Waals surface area contributed by atoms with Crippen molar-refractivity contribution in [3.05, 3.63) is 29.8 Å². The van der Waals surface area contributed by atoms with Gasteiger partial charge in [-0.2, -0.15) is 21.6 Å². The molecule has 0 saturated carbocycles. The van der Waals surface area contributed by atoms with Crippen molar-refractivity contribution in [1.29, 1.82) is 0 Å². The number of sulfonamides is 1. The van der Waals surface area contributed by atoms with Crippen molar-refractivity contribution in [2.75, 3.05) is 7.05 Å². The highest BCUT2D eigenvalue weighted by atomic mass is 32.2. The molecule has 120 valence electrons. The number of nitrogens with one attached hydrogen (secondary N) is 1. The summed E-state index contributed by atoms with van der Waals surface area (Å²) in [6.07, 6.45) is 0. The standard InChI is InChI=1S/C10H12F3NO5S2/c1-7(20(15,16)14-2)8-3-5-9(6-4-8)19-21(17,18)10(11,12)13/h3-7,14H,1-2H3. The van der Waals surface area contributed by atoms with Crippen LogP contribution in [0.4, 0.5) is 13.2 Å². The monoisotopic (exact) mass is 347 g/mol. The van der Waals surface area contributed by atoms with E-state index in [1.165, 1.54) is 26.1 Å². The summed E-state index contributed by atoms with van der Waals surface area (Å²) in [5, 5.41) is -0.962. The number of rotatable bonds is 5. The quantitative estimate of drug-likeness (QED) is 0.644. The molecule has 1 aromatic carbocycles. The maximum absolute atomic E-state index is 12.1. The smallest absolute Gasteiger partial charge is 0.376 e. The van der Waals surface area contributed by atoms with E-state index in [0.717, 1.165) is 12.1 Å². The Balaban J connectivity index is 3.00. The van der Waals surface area contributed by atoms with Crippen molar-refractivity contribution >= 4 is 20.1 Å². The minimum atomic E-state index is -5.75. The van der Waals surface area contributed by atoms with Crippen LogP contribution in [0.2, 0.25) is 0 Å². The molecule has 1 N–H and O–H groups in total. The van der Waals surface area contributed by atoms with Gasteiger partial charge in [0.25, 0.3) is 0 Å². The van der Waals surface area contributed by atoms with Crippen molar-refractivity contribution in [3.8, 4) is 5.75 Å². The molecule has 0 aromatic heterocycles. The van der Waals surface area contributed by atoms with Crippen molar-refractivity contribution in [2.45, 2.75) is 17.7 Å². The highest BCUT2D eigenvalue weighted by Gasteiger charge is 2.48. The first-order valence-corrected chi connectivity index (χ1v) is 8.39. The molecule has 0 aliphatic carbocycles. The fourth-order valence-corrected chi connectivity index (χ4v) is 2.65. The Bertz CT molecular complexity index is 695. The van der Waals surface area contributed by atoms with Gasteiger partial charge in [-0.25, -0.2) is 13.1 Å². The average Bonchev–Trinajstić information content (AvgIpc) is 2.37. The van der Waals surface area contributed by atoms with Crippen LogP contribution in [0.15, 0.2) is 24.3 Å². The van der Waals surface area contributed by atoms with E-state index in [1.807, 2.05) is 0 Å². The molecule has 6 nitrogen and oxygen atoms in total. The molecule has 0 radical (unpaired) electrons. The van der Waals surface area contributed by atoms with Gasteiger partial charge in [-0.3, -0.25) is 0 Å². The first-order valence-electron chi connectivity index (χ1n) is 5.44. The molecule has 0 saturated heterocycles. The van der Waals surface area contributed by atoms with Gasteiger partial charge >= 0.3 is 15.6 Å². The number of benzene rings is 1. The fraction of sp³-hybridized carbons (Fsp3) is 0.400. The van der Waals surface area contributed by atoms with Crippen molar-refractivity contribution in [2.24, 2.45) is 0 Å². The SMILES string of the molecule is CNS(=O)(=O)C(C)c1ccc(OS(=O)(=O)C(F)(F)F)cc1. The molecule has 1 rings (SSSR count). The third-order valence-corrected chi connectivity index (χ3v) is 5.34. The Morgan fingerprint density at radius 2 is 1.57 bits per heavy atom. The van der Waals surface area contributed by atoms with Crippen LogP contribution >= 0.6 is 0 Å². The molecule has 0 aliphatic heterocycles. The van der Waals surface area contributed by atoms with Crippen LogP contribution in [-0.4, -0.2) is 29.4 Å². The second kappa shape index (κ2) is 5.81. The van der Waals surface area contributed by atoms with Crippen LogP contribution in [0.3, 0.4) is 0 Å². The van der Waals surface area contributed by atoms with Gasteiger partial charge in [0, 0.05) is 0 Å². The molecule has 1 aromatic rings. The van der Waals surface area contributed by atoms with Crippen LogP contribution in [0, 0.1) is 0 Å². The third kappa shape index (κ3) is 4.08. The minimum Gasteiger partial charge on any atom is -0.376 e. The van der Waals surface area contributed by atoms with Crippen molar-refractivity contribution < 1.29 is 34.2 Å². The maximum Gasteiger partial charge on any atom is 0.534 e. The lowest BCUT2D eigenvalue weighted by molar-refractivity contribution is -0.0500. The van der Waals surface area contributed by atoms with E-state index in [9.17, 15) is 30.0 Å². The van der Waals surface area contributed by atoms with Crippen molar-refractivity contribution in [3.63, 3.8) is 0 Å². The zero-order valence-corrected chi connectivity index (χ0v) is 12.5. The van der Waals surface area contributed by atoms with E-state index in [1.54, 1.807) is 0 Å². The molecular formula is C10H12F3NO5S2. The third-order valence-electron chi connectivity index (χ3n) is 2.59. The van der Waals surface area contributed by atoms with Gasteiger partial charge in [-0.1, -0.05) is 12.1 Å². The fourth-order valence-electron chi connectivity index (χ4n) is 1.32. The summed E-state index contributed by atoms with van der Waals surface area (Å²) in [5.41, 5.74) is -5.27. The molecule has 0 aliphatic rings. The highest BCUT2D eigenvalue weighted by Crippen LogP contribution is 2.28. The van der Waals surface area contributed by atoms with Crippen LogP contribution < -0.4 is 8.91 Å². The first kappa shape index (κ1) is 17.7. The summed E-state index contributed by atoms with van der Waals surface area (Å²) < 4.78 is 87.1. The van der Waals surface area contributed by atoms with Crippen molar-refractivity contribution in [1.82, 2.24) is 4.72 Å². The van der Waals surface area contributed by atoms with Crippen LogP contribution in [-0.2, 0) is 20.1 Å². The van der Waals surface area contributed by atoms with Gasteiger partial charge in [0.2, 0.25) is 10.0 Å². The molecule has 0 spiro atoms. The predicted molar refractivity (Wildman–Crippen MR) is 68.4 cm³/mol. The van der Waals surface area contributed by atoms with E-state index in [-0.39, 0.29) is 5.56 Å². The molecule has 0 amide bonds. The van der Waals surface area contributed by atoms with Gasteiger partial charge in [0.05, 0.1) is 5.25 Å². The van der Waals surface area contributed by atoms with Gasteiger partial charge in [0.15, 0.2) is 0 Å². The molecule has 0 fully saturated rings. The maximum atomic E-state index is 12.1. The molecule has 1 unspecified atom stereocenters. The number of hydrogen-bond donors (Lipinski definition) is 1. The summed E-state index contributed by atoms with van der Waals surface area (Å²) in [5.74, 6) is -0.565. The summed E-state index contributed by atoms with van der Waals surface area (Å²) >= 11 is 0. The Kier molecular flexibility index (Phi) is 4.90. The molecule has 11 heteroatoms. The lowest BCUT2D eigenvalue weighted by atomic mass is 10.2. The second-order valence-corrected chi connectivity index (χ2v) is 7.69. The summed E-state index contributed by atoms with van der Waals surface area (Å²) in [4.78, 5) is 0. The Hall–Kier alpha value is -1.33. The van der Waals surface area contributed by atoms with E-state index >= 15 is 0 Å². The van der Waals surface area contributed by atoms with Gasteiger partial charge < -0.3 is 4.18 Å². The lowest BCUT2D eigenvalue weighted by Gasteiger charge is -2.13. The number of halogens is 3. The summed E-state index contributed by atoms with van der Waals surface area (Å²) in [6.45, 7) is 1.37. The number of alkyl halides is 3. The second-order valence-electron chi connectivity index (χ2n) is 3.94. The zero-order chi connectivity index (χ0) is 16.5. The molecule has 0 bridgehead atoms. The molecule has 0 heterocycles. The van der Waals surface area contributed by atoms with Gasteiger partial charge in [0.1, 0.15) is 5.75 Å². The Morgan fingerprint density at radius 1 is 1.10 bits per heavy atom. The largest absolute Gasteiger partial charge is 0.534 e. The Morgan fingerprint density at radius 3 is 1.95 bits per heavy atom. The molecular weight excluding hydrogens is 335 g/mol. The van der Waals surface area contributed by atoms with E-state index < -0.39 is 36.6 Å². The molecule has 1 atom stereocenters. The number of hydrogen-bond acceptors (Lipinski definition) is 5. The van der Waals surface area contributed by atoms with E-state index in [2.05, 4.69) is 8.91 Å². The van der Waals surface area contributed by atoms with Gasteiger partial charge in [-0.05, 0) is 31.7 Å².